The van der Waals surface area contributed by atoms with Crippen molar-refractivity contribution in [3.05, 3.63) is 18.0 Å². The second kappa shape index (κ2) is 6.62. The first-order chi connectivity index (χ1) is 7.27. The Balaban J connectivity index is 2.33. The molecule has 1 rings (SSSR count). The van der Waals surface area contributed by atoms with Crippen molar-refractivity contribution in [2.45, 2.75) is 46.1 Å². The van der Waals surface area contributed by atoms with Crippen LogP contribution in [0.3, 0.4) is 0 Å². The van der Waals surface area contributed by atoms with Crippen LogP contribution in [-0.2, 0) is 6.42 Å². The topological polar surface area (TPSA) is 29.9 Å². The molecule has 1 heterocycles. The maximum Gasteiger partial charge on any atom is 0.0625 e. The zero-order chi connectivity index (χ0) is 11.1. The predicted molar refractivity (Wildman–Crippen MR) is 64.1 cm³/mol. The SMILES string of the molecule is CCNCCCc1ccn(C(C)CC)n1. The van der Waals surface area contributed by atoms with Gasteiger partial charge in [-0.05, 0) is 45.3 Å². The van der Waals surface area contributed by atoms with Gasteiger partial charge in [0, 0.05) is 12.2 Å². The lowest BCUT2D eigenvalue weighted by Gasteiger charge is -2.08. The Bertz CT molecular complexity index is 268. The lowest BCUT2D eigenvalue weighted by molar-refractivity contribution is 0.472. The van der Waals surface area contributed by atoms with Crippen molar-refractivity contribution in [1.82, 2.24) is 15.1 Å². The Labute approximate surface area is 92.9 Å². The molecule has 0 saturated carbocycles. The molecule has 0 amide bonds. The first kappa shape index (κ1) is 12.2. The van der Waals surface area contributed by atoms with Crippen LogP contribution in [0.4, 0.5) is 0 Å². The largest absolute Gasteiger partial charge is 0.317 e. The van der Waals surface area contributed by atoms with Gasteiger partial charge in [0.15, 0.2) is 0 Å². The minimum atomic E-state index is 0.521. The molecule has 15 heavy (non-hydrogen) atoms. The standard InChI is InChI=1S/C12H23N3/c1-4-11(3)15-10-8-12(14-15)7-6-9-13-5-2/h8,10-11,13H,4-7,9H2,1-3H3. The number of nitrogens with zero attached hydrogens (tertiary/aromatic N) is 2. The van der Waals surface area contributed by atoms with Gasteiger partial charge in [0.25, 0.3) is 0 Å². The van der Waals surface area contributed by atoms with E-state index in [2.05, 4.69) is 48.1 Å². The summed E-state index contributed by atoms with van der Waals surface area (Å²) in [5, 5.41) is 7.89. The molecule has 0 saturated heterocycles. The molecule has 0 bridgehead atoms. The van der Waals surface area contributed by atoms with Gasteiger partial charge < -0.3 is 5.32 Å². The molecule has 1 aromatic heterocycles. The second-order valence-electron chi connectivity index (χ2n) is 4.00. The van der Waals surface area contributed by atoms with E-state index in [1.165, 1.54) is 12.1 Å². The molecular formula is C12H23N3. The van der Waals surface area contributed by atoms with E-state index in [1.807, 2.05) is 0 Å². The fraction of sp³-hybridized carbons (Fsp3) is 0.750. The van der Waals surface area contributed by atoms with Crippen LogP contribution in [0.2, 0.25) is 0 Å². The van der Waals surface area contributed by atoms with Gasteiger partial charge in [-0.3, -0.25) is 4.68 Å². The fourth-order valence-electron chi connectivity index (χ4n) is 1.51. The number of aryl methyl sites for hydroxylation is 1. The Morgan fingerprint density at radius 1 is 1.47 bits per heavy atom. The van der Waals surface area contributed by atoms with Crippen molar-refractivity contribution in [2.75, 3.05) is 13.1 Å². The minimum absolute atomic E-state index is 0.521. The predicted octanol–water partition coefficient (Wildman–Crippen LogP) is 2.40. The number of nitrogens with one attached hydrogen (secondary N) is 1. The maximum atomic E-state index is 4.57. The van der Waals surface area contributed by atoms with Gasteiger partial charge in [0.1, 0.15) is 0 Å². The molecule has 86 valence electrons. The average Bonchev–Trinajstić information content (AvgIpc) is 2.72. The minimum Gasteiger partial charge on any atom is -0.317 e. The summed E-state index contributed by atoms with van der Waals surface area (Å²) in [5.74, 6) is 0. The van der Waals surface area contributed by atoms with Crippen LogP contribution in [0.25, 0.3) is 0 Å². The van der Waals surface area contributed by atoms with Crippen molar-refractivity contribution in [1.29, 1.82) is 0 Å². The van der Waals surface area contributed by atoms with Gasteiger partial charge in [-0.1, -0.05) is 13.8 Å². The molecule has 0 aliphatic rings. The molecule has 1 unspecified atom stereocenters. The molecule has 0 aromatic carbocycles. The third-order valence-electron chi connectivity index (χ3n) is 2.74. The Morgan fingerprint density at radius 3 is 2.93 bits per heavy atom. The highest BCUT2D eigenvalue weighted by Gasteiger charge is 2.03. The van der Waals surface area contributed by atoms with Crippen LogP contribution in [0.5, 0.6) is 0 Å². The van der Waals surface area contributed by atoms with Crippen molar-refractivity contribution >= 4 is 0 Å². The molecule has 1 atom stereocenters. The van der Waals surface area contributed by atoms with Crippen LogP contribution in [-0.4, -0.2) is 22.9 Å². The number of hydrogen-bond acceptors (Lipinski definition) is 2. The number of aromatic nitrogens is 2. The van der Waals surface area contributed by atoms with Gasteiger partial charge >= 0.3 is 0 Å². The van der Waals surface area contributed by atoms with Crippen molar-refractivity contribution in [3.63, 3.8) is 0 Å². The first-order valence-electron chi connectivity index (χ1n) is 6.02. The smallest absolute Gasteiger partial charge is 0.0625 e. The fourth-order valence-corrected chi connectivity index (χ4v) is 1.51. The molecule has 0 spiro atoms. The van der Waals surface area contributed by atoms with E-state index in [-0.39, 0.29) is 0 Å². The van der Waals surface area contributed by atoms with E-state index < -0.39 is 0 Å². The molecule has 3 nitrogen and oxygen atoms in total. The van der Waals surface area contributed by atoms with E-state index in [0.29, 0.717) is 6.04 Å². The molecule has 1 N–H and O–H groups in total. The third-order valence-corrected chi connectivity index (χ3v) is 2.74. The summed E-state index contributed by atoms with van der Waals surface area (Å²) >= 11 is 0. The molecule has 1 aromatic rings. The summed E-state index contributed by atoms with van der Waals surface area (Å²) in [6, 6.07) is 2.66. The first-order valence-corrected chi connectivity index (χ1v) is 6.02. The van der Waals surface area contributed by atoms with Crippen LogP contribution in [0.15, 0.2) is 12.3 Å². The summed E-state index contributed by atoms with van der Waals surface area (Å²) in [4.78, 5) is 0. The highest BCUT2D eigenvalue weighted by Crippen LogP contribution is 2.09. The normalized spacial score (nSPS) is 13.0. The van der Waals surface area contributed by atoms with Gasteiger partial charge in [-0.25, -0.2) is 0 Å². The quantitative estimate of drug-likeness (QED) is 0.699. The number of hydrogen-bond donors (Lipinski definition) is 1. The number of rotatable bonds is 7. The molecule has 0 aliphatic heterocycles. The third kappa shape index (κ3) is 4.04. The molecule has 0 fully saturated rings. The highest BCUT2D eigenvalue weighted by molar-refractivity contribution is 4.99. The maximum absolute atomic E-state index is 4.57. The zero-order valence-electron chi connectivity index (χ0n) is 10.2. The lowest BCUT2D eigenvalue weighted by atomic mass is 10.2. The molecule has 3 heteroatoms. The summed E-state index contributed by atoms with van der Waals surface area (Å²) < 4.78 is 2.07. The van der Waals surface area contributed by atoms with Gasteiger partial charge in [-0.2, -0.15) is 5.10 Å². The van der Waals surface area contributed by atoms with E-state index in [4.69, 9.17) is 0 Å². The van der Waals surface area contributed by atoms with Crippen molar-refractivity contribution in [3.8, 4) is 0 Å². The summed E-state index contributed by atoms with van der Waals surface area (Å²) in [7, 11) is 0. The molecule has 0 aliphatic carbocycles. The highest BCUT2D eigenvalue weighted by atomic mass is 15.3. The zero-order valence-corrected chi connectivity index (χ0v) is 10.2. The van der Waals surface area contributed by atoms with Crippen LogP contribution < -0.4 is 5.32 Å². The average molecular weight is 209 g/mol. The molecular weight excluding hydrogens is 186 g/mol. The monoisotopic (exact) mass is 209 g/mol. The Morgan fingerprint density at radius 2 is 2.27 bits per heavy atom. The second-order valence-corrected chi connectivity index (χ2v) is 4.00. The van der Waals surface area contributed by atoms with Crippen LogP contribution in [0.1, 0.15) is 45.3 Å². The summed E-state index contributed by atoms with van der Waals surface area (Å²) in [6.07, 6.45) is 5.48. The van der Waals surface area contributed by atoms with Gasteiger partial charge in [0.05, 0.1) is 5.69 Å². The van der Waals surface area contributed by atoms with Crippen LogP contribution >= 0.6 is 0 Å². The summed E-state index contributed by atoms with van der Waals surface area (Å²) in [5.41, 5.74) is 1.22. The van der Waals surface area contributed by atoms with Gasteiger partial charge in [-0.15, -0.1) is 0 Å². The van der Waals surface area contributed by atoms with E-state index in [9.17, 15) is 0 Å². The Hall–Kier alpha value is -0.830. The van der Waals surface area contributed by atoms with Gasteiger partial charge in [0.2, 0.25) is 0 Å². The van der Waals surface area contributed by atoms with E-state index in [1.54, 1.807) is 0 Å². The van der Waals surface area contributed by atoms with Crippen molar-refractivity contribution in [2.24, 2.45) is 0 Å². The van der Waals surface area contributed by atoms with E-state index in [0.717, 1.165) is 25.9 Å². The van der Waals surface area contributed by atoms with Crippen molar-refractivity contribution < 1.29 is 0 Å². The Kier molecular flexibility index (Phi) is 5.40. The lowest BCUT2D eigenvalue weighted by Crippen LogP contribution is -2.14. The van der Waals surface area contributed by atoms with Crippen LogP contribution in [0, 0.1) is 0 Å². The molecule has 0 radical (unpaired) electrons. The summed E-state index contributed by atoms with van der Waals surface area (Å²) in [6.45, 7) is 8.68. The van der Waals surface area contributed by atoms with E-state index >= 15 is 0 Å².